The SMILES string of the molecule is Fc1cc2[nH]c(C(F)(F)F)nc2cc1OC(F)(F)F. The van der Waals surface area contributed by atoms with Crippen LogP contribution in [0.3, 0.4) is 0 Å². The van der Waals surface area contributed by atoms with E-state index in [-0.39, 0.29) is 5.52 Å². The third-order valence-corrected chi connectivity index (χ3v) is 2.03. The van der Waals surface area contributed by atoms with Crippen molar-refractivity contribution in [3.05, 3.63) is 23.8 Å². The maximum Gasteiger partial charge on any atom is 0.573 e. The number of halogens is 7. The number of hydrogen-bond acceptors (Lipinski definition) is 2. The number of imidazole rings is 1. The number of rotatable bonds is 1. The van der Waals surface area contributed by atoms with E-state index in [9.17, 15) is 30.7 Å². The third kappa shape index (κ3) is 2.88. The van der Waals surface area contributed by atoms with Crippen molar-refractivity contribution in [2.24, 2.45) is 0 Å². The first kappa shape index (κ1) is 13.4. The molecule has 10 heteroatoms. The average molecular weight is 288 g/mol. The molecule has 0 saturated heterocycles. The van der Waals surface area contributed by atoms with Crippen molar-refractivity contribution < 1.29 is 35.5 Å². The lowest BCUT2D eigenvalue weighted by molar-refractivity contribution is -0.275. The van der Waals surface area contributed by atoms with Gasteiger partial charge in [0.2, 0.25) is 5.82 Å². The molecule has 0 spiro atoms. The molecule has 0 radical (unpaired) electrons. The van der Waals surface area contributed by atoms with Crippen molar-refractivity contribution in [3.8, 4) is 5.75 Å². The van der Waals surface area contributed by atoms with Gasteiger partial charge in [0.1, 0.15) is 0 Å². The van der Waals surface area contributed by atoms with Crippen LogP contribution in [0, 0.1) is 5.82 Å². The van der Waals surface area contributed by atoms with Crippen molar-refractivity contribution in [1.29, 1.82) is 0 Å². The Labute approximate surface area is 99.5 Å². The molecule has 0 saturated carbocycles. The second-order valence-electron chi connectivity index (χ2n) is 3.43. The molecule has 1 heterocycles. The van der Waals surface area contributed by atoms with Crippen molar-refractivity contribution in [1.82, 2.24) is 9.97 Å². The number of nitrogens with one attached hydrogen (secondary N) is 1. The molecule has 0 bridgehead atoms. The molecular weight excluding hydrogens is 285 g/mol. The number of benzene rings is 1. The normalized spacial score (nSPS) is 13.0. The predicted molar refractivity (Wildman–Crippen MR) is 47.7 cm³/mol. The Bertz CT molecular complexity index is 613. The minimum absolute atomic E-state index is 0.389. The largest absolute Gasteiger partial charge is 0.573 e. The van der Waals surface area contributed by atoms with Gasteiger partial charge in [-0.3, -0.25) is 0 Å². The predicted octanol–water partition coefficient (Wildman–Crippen LogP) is 3.62. The highest BCUT2D eigenvalue weighted by Gasteiger charge is 2.36. The fourth-order valence-electron chi connectivity index (χ4n) is 1.35. The summed E-state index contributed by atoms with van der Waals surface area (Å²) < 4.78 is 89.2. The molecule has 1 N–H and O–H groups in total. The van der Waals surface area contributed by atoms with Crippen LogP contribution in [0.1, 0.15) is 5.82 Å². The topological polar surface area (TPSA) is 37.9 Å². The summed E-state index contributed by atoms with van der Waals surface area (Å²) in [5, 5.41) is 0. The zero-order valence-electron chi connectivity index (χ0n) is 8.66. The monoisotopic (exact) mass is 288 g/mol. The van der Waals surface area contributed by atoms with Crippen LogP contribution >= 0.6 is 0 Å². The Kier molecular flexibility index (Phi) is 2.83. The lowest BCUT2D eigenvalue weighted by Gasteiger charge is -2.09. The van der Waals surface area contributed by atoms with Gasteiger partial charge in [0.25, 0.3) is 0 Å². The Hall–Kier alpha value is -2.00. The van der Waals surface area contributed by atoms with E-state index in [1.165, 1.54) is 0 Å². The van der Waals surface area contributed by atoms with Crippen LogP contribution in [-0.4, -0.2) is 16.3 Å². The highest BCUT2D eigenvalue weighted by Crippen LogP contribution is 2.32. The van der Waals surface area contributed by atoms with Gasteiger partial charge in [-0.1, -0.05) is 0 Å². The first-order valence-corrected chi connectivity index (χ1v) is 4.58. The maximum absolute atomic E-state index is 13.2. The molecule has 104 valence electrons. The van der Waals surface area contributed by atoms with Crippen molar-refractivity contribution in [2.75, 3.05) is 0 Å². The first-order valence-electron chi connectivity index (χ1n) is 4.58. The lowest BCUT2D eigenvalue weighted by Crippen LogP contribution is -2.17. The summed E-state index contributed by atoms with van der Waals surface area (Å²) in [5.41, 5.74) is -0.882. The molecule has 0 amide bonds. The van der Waals surface area contributed by atoms with Crippen LogP contribution in [0.5, 0.6) is 5.75 Å². The summed E-state index contributed by atoms with van der Waals surface area (Å²) in [7, 11) is 0. The van der Waals surface area contributed by atoms with Gasteiger partial charge < -0.3 is 9.72 Å². The lowest BCUT2D eigenvalue weighted by atomic mass is 10.3. The van der Waals surface area contributed by atoms with E-state index in [1.54, 1.807) is 4.98 Å². The van der Waals surface area contributed by atoms with Gasteiger partial charge in [0, 0.05) is 12.1 Å². The summed E-state index contributed by atoms with van der Waals surface area (Å²) in [6, 6.07) is 0.878. The van der Waals surface area contributed by atoms with Gasteiger partial charge in [-0.25, -0.2) is 9.37 Å². The summed E-state index contributed by atoms with van der Waals surface area (Å²) in [5.74, 6) is -4.14. The quantitative estimate of drug-likeness (QED) is 0.814. The van der Waals surface area contributed by atoms with E-state index >= 15 is 0 Å². The van der Waals surface area contributed by atoms with Gasteiger partial charge >= 0.3 is 12.5 Å². The molecule has 19 heavy (non-hydrogen) atoms. The number of hydrogen-bond donors (Lipinski definition) is 1. The first-order chi connectivity index (χ1) is 8.56. The molecule has 1 aromatic heterocycles. The minimum atomic E-state index is -5.16. The summed E-state index contributed by atoms with van der Waals surface area (Å²) in [4.78, 5) is 4.77. The summed E-state index contributed by atoms with van der Waals surface area (Å²) in [6.45, 7) is 0. The minimum Gasteiger partial charge on any atom is -0.403 e. The van der Waals surface area contributed by atoms with E-state index in [2.05, 4.69) is 9.72 Å². The number of nitrogens with zero attached hydrogens (tertiary/aromatic N) is 1. The fraction of sp³-hybridized carbons (Fsp3) is 0.222. The van der Waals surface area contributed by atoms with Crippen molar-refractivity contribution in [2.45, 2.75) is 12.5 Å². The van der Waals surface area contributed by atoms with Crippen molar-refractivity contribution in [3.63, 3.8) is 0 Å². The Morgan fingerprint density at radius 2 is 1.68 bits per heavy atom. The van der Waals surface area contributed by atoms with Gasteiger partial charge in [-0.05, 0) is 0 Å². The number of alkyl halides is 6. The molecule has 0 unspecified atom stereocenters. The van der Waals surface area contributed by atoms with E-state index < -0.39 is 35.4 Å². The second kappa shape index (κ2) is 4.00. The highest BCUT2D eigenvalue weighted by atomic mass is 19.4. The van der Waals surface area contributed by atoms with Gasteiger partial charge in [0.15, 0.2) is 11.6 Å². The highest BCUT2D eigenvalue weighted by molar-refractivity contribution is 5.77. The molecule has 0 fully saturated rings. The van der Waals surface area contributed by atoms with Crippen LogP contribution < -0.4 is 4.74 Å². The molecule has 0 aliphatic rings. The number of fused-ring (bicyclic) bond motifs is 1. The number of aromatic amines is 1. The zero-order valence-corrected chi connectivity index (χ0v) is 8.66. The maximum atomic E-state index is 13.2. The van der Waals surface area contributed by atoms with E-state index in [1.807, 2.05) is 0 Å². The molecule has 0 atom stereocenters. The second-order valence-corrected chi connectivity index (χ2v) is 3.43. The smallest absolute Gasteiger partial charge is 0.403 e. The van der Waals surface area contributed by atoms with Crippen LogP contribution in [0.4, 0.5) is 30.7 Å². The van der Waals surface area contributed by atoms with Gasteiger partial charge in [-0.15, -0.1) is 13.2 Å². The van der Waals surface area contributed by atoms with E-state index in [0.29, 0.717) is 12.1 Å². The van der Waals surface area contributed by atoms with E-state index in [4.69, 9.17) is 0 Å². The molecule has 0 aliphatic carbocycles. The average Bonchev–Trinajstić information content (AvgIpc) is 2.58. The summed E-state index contributed by atoms with van der Waals surface area (Å²) >= 11 is 0. The standard InChI is InChI=1S/C9H3F7N2O/c10-3-1-4-5(2-6(3)19-9(14,15)16)18-7(17-4)8(11,12)13/h1-2H,(H,17,18). The molecule has 1 aromatic carbocycles. The number of H-pyrrole nitrogens is 1. The van der Waals surface area contributed by atoms with Gasteiger partial charge in [0.05, 0.1) is 11.0 Å². The third-order valence-electron chi connectivity index (χ3n) is 2.03. The zero-order chi connectivity index (χ0) is 14.4. The Morgan fingerprint density at radius 1 is 1.05 bits per heavy atom. The Morgan fingerprint density at radius 3 is 2.21 bits per heavy atom. The fourth-order valence-corrected chi connectivity index (χ4v) is 1.35. The van der Waals surface area contributed by atoms with Crippen LogP contribution in [-0.2, 0) is 6.18 Å². The molecule has 0 aliphatic heterocycles. The van der Waals surface area contributed by atoms with Gasteiger partial charge in [-0.2, -0.15) is 13.2 Å². The number of ether oxygens (including phenoxy) is 1. The van der Waals surface area contributed by atoms with Crippen LogP contribution in [0.25, 0.3) is 11.0 Å². The summed E-state index contributed by atoms with van der Waals surface area (Å²) in [6.07, 6.45) is -9.97. The van der Waals surface area contributed by atoms with E-state index in [0.717, 1.165) is 0 Å². The van der Waals surface area contributed by atoms with Crippen LogP contribution in [0.15, 0.2) is 12.1 Å². The molecular formula is C9H3F7N2O. The molecule has 3 nitrogen and oxygen atoms in total. The Balaban J connectivity index is 2.50. The van der Waals surface area contributed by atoms with Crippen molar-refractivity contribution >= 4 is 11.0 Å². The molecule has 2 aromatic rings. The van der Waals surface area contributed by atoms with Crippen LogP contribution in [0.2, 0.25) is 0 Å². The molecule has 2 rings (SSSR count). The number of aromatic nitrogens is 2.